The standard InChI is InChI=1S/C19H24F3N5O2S.HI/c20-19(21,22)29-16-3-1-14(2-4-16)11-15(13-28)12-25-17(23)26-6-8-27(9-7-26)18-24-5-10-30-18;/h1-5,10,15,28H,6-9,11-13H2,(H2,23,25);1H. The summed E-state index contributed by atoms with van der Waals surface area (Å²) in [5, 5.41) is 12.6. The number of aliphatic hydroxyl groups excluding tert-OH is 1. The van der Waals surface area contributed by atoms with Crippen LogP contribution in [0.25, 0.3) is 0 Å². The van der Waals surface area contributed by atoms with Crippen molar-refractivity contribution in [2.24, 2.45) is 16.6 Å². The van der Waals surface area contributed by atoms with Gasteiger partial charge in [-0.3, -0.25) is 4.99 Å². The molecule has 1 aliphatic heterocycles. The summed E-state index contributed by atoms with van der Waals surface area (Å²) >= 11 is 1.60. The molecule has 0 saturated carbocycles. The highest BCUT2D eigenvalue weighted by Gasteiger charge is 2.31. The van der Waals surface area contributed by atoms with Gasteiger partial charge in [0.05, 0.1) is 0 Å². The second kappa shape index (κ2) is 11.7. The number of guanidine groups is 1. The van der Waals surface area contributed by atoms with E-state index >= 15 is 0 Å². The van der Waals surface area contributed by atoms with Gasteiger partial charge in [-0.1, -0.05) is 12.1 Å². The van der Waals surface area contributed by atoms with E-state index in [1.54, 1.807) is 29.7 Å². The zero-order valence-corrected chi connectivity index (χ0v) is 19.8. The Morgan fingerprint density at radius 1 is 1.23 bits per heavy atom. The van der Waals surface area contributed by atoms with Crippen LogP contribution in [0.15, 0.2) is 40.8 Å². The fourth-order valence-electron chi connectivity index (χ4n) is 3.17. The number of nitrogens with zero attached hydrogens (tertiary/aromatic N) is 4. The molecule has 12 heteroatoms. The van der Waals surface area contributed by atoms with Crippen LogP contribution in [-0.2, 0) is 6.42 Å². The maximum atomic E-state index is 12.2. The van der Waals surface area contributed by atoms with Gasteiger partial charge in [-0.25, -0.2) is 4.98 Å². The van der Waals surface area contributed by atoms with Gasteiger partial charge in [-0.2, -0.15) is 0 Å². The van der Waals surface area contributed by atoms with Crippen LogP contribution < -0.4 is 15.4 Å². The summed E-state index contributed by atoms with van der Waals surface area (Å²) in [6.07, 6.45) is -2.46. The number of aliphatic hydroxyl groups is 1. The summed E-state index contributed by atoms with van der Waals surface area (Å²) in [7, 11) is 0. The van der Waals surface area contributed by atoms with Crippen molar-refractivity contribution in [1.82, 2.24) is 9.88 Å². The number of ether oxygens (including phenoxy) is 1. The minimum atomic E-state index is -4.72. The minimum Gasteiger partial charge on any atom is -0.406 e. The molecule has 1 fully saturated rings. The second-order valence-electron chi connectivity index (χ2n) is 6.93. The van der Waals surface area contributed by atoms with Gasteiger partial charge in [0.1, 0.15) is 5.75 Å². The smallest absolute Gasteiger partial charge is 0.406 e. The molecule has 2 heterocycles. The number of alkyl halides is 3. The molecule has 3 rings (SSSR count). The number of hydrogen-bond donors (Lipinski definition) is 2. The Morgan fingerprint density at radius 2 is 1.90 bits per heavy atom. The summed E-state index contributed by atoms with van der Waals surface area (Å²) in [5.74, 6) is -0.0262. The van der Waals surface area contributed by atoms with Crippen LogP contribution in [0.4, 0.5) is 18.3 Å². The van der Waals surface area contributed by atoms with Gasteiger partial charge < -0.3 is 25.4 Å². The predicted octanol–water partition coefficient (Wildman–Crippen LogP) is 2.95. The number of nitrogens with two attached hydrogens (primary N) is 1. The highest BCUT2D eigenvalue weighted by atomic mass is 127. The summed E-state index contributed by atoms with van der Waals surface area (Å²) in [6, 6.07) is 5.62. The van der Waals surface area contributed by atoms with Crippen molar-refractivity contribution in [3.63, 3.8) is 0 Å². The lowest BCUT2D eigenvalue weighted by Crippen LogP contribution is -2.51. The van der Waals surface area contributed by atoms with Gasteiger partial charge in [0.25, 0.3) is 0 Å². The Hall–Kier alpha value is -1.80. The molecule has 3 N–H and O–H groups in total. The third-order valence-electron chi connectivity index (χ3n) is 4.74. The molecule has 1 atom stereocenters. The highest BCUT2D eigenvalue weighted by molar-refractivity contribution is 14.0. The van der Waals surface area contributed by atoms with Crippen LogP contribution in [-0.4, -0.2) is 66.6 Å². The van der Waals surface area contributed by atoms with Crippen molar-refractivity contribution in [2.75, 3.05) is 44.2 Å². The second-order valence-corrected chi connectivity index (χ2v) is 7.81. The van der Waals surface area contributed by atoms with Crippen molar-refractivity contribution in [3.05, 3.63) is 41.4 Å². The number of benzene rings is 1. The van der Waals surface area contributed by atoms with Crippen LogP contribution >= 0.6 is 35.3 Å². The van der Waals surface area contributed by atoms with E-state index in [9.17, 15) is 18.3 Å². The summed E-state index contributed by atoms with van der Waals surface area (Å²) in [6.45, 7) is 3.31. The molecule has 1 aromatic carbocycles. The Labute approximate surface area is 199 Å². The number of anilines is 1. The number of rotatable bonds is 7. The summed E-state index contributed by atoms with van der Waals surface area (Å²) in [5.41, 5.74) is 6.91. The van der Waals surface area contributed by atoms with Gasteiger partial charge >= 0.3 is 6.36 Å². The maximum absolute atomic E-state index is 12.2. The molecule has 7 nitrogen and oxygen atoms in total. The monoisotopic (exact) mass is 571 g/mol. The third-order valence-corrected chi connectivity index (χ3v) is 5.58. The van der Waals surface area contributed by atoms with E-state index < -0.39 is 6.36 Å². The Balaban J connectivity index is 0.00000341. The average Bonchev–Trinajstić information content (AvgIpc) is 3.26. The van der Waals surface area contributed by atoms with Crippen LogP contribution in [0.1, 0.15) is 5.56 Å². The number of aromatic nitrogens is 1. The van der Waals surface area contributed by atoms with Gasteiger partial charge in [0.2, 0.25) is 0 Å². The topological polar surface area (TPSA) is 87.2 Å². The Bertz CT molecular complexity index is 813. The molecule has 1 unspecified atom stereocenters. The lowest BCUT2D eigenvalue weighted by molar-refractivity contribution is -0.274. The molecule has 0 bridgehead atoms. The van der Waals surface area contributed by atoms with Crippen molar-refractivity contribution in [1.29, 1.82) is 0 Å². The molecular weight excluding hydrogens is 546 g/mol. The zero-order chi connectivity index (χ0) is 21.6. The van der Waals surface area contributed by atoms with E-state index in [1.807, 2.05) is 10.3 Å². The Kier molecular flexibility index (Phi) is 9.62. The first-order valence-corrected chi connectivity index (χ1v) is 10.4. The molecule has 1 aliphatic rings. The van der Waals surface area contributed by atoms with Gasteiger partial charge in [-0.05, 0) is 24.1 Å². The number of aliphatic imine (C=N–C) groups is 1. The molecule has 1 aromatic heterocycles. The zero-order valence-electron chi connectivity index (χ0n) is 16.7. The number of thiazole rings is 1. The van der Waals surface area contributed by atoms with Crippen LogP contribution in [0.3, 0.4) is 0 Å². The van der Waals surface area contributed by atoms with Gasteiger partial charge in [-0.15, -0.1) is 48.5 Å². The molecule has 0 spiro atoms. The first-order chi connectivity index (χ1) is 14.3. The first kappa shape index (κ1) is 25.5. The first-order valence-electron chi connectivity index (χ1n) is 9.49. The molecule has 0 aliphatic carbocycles. The third kappa shape index (κ3) is 8.00. The van der Waals surface area contributed by atoms with Crippen molar-refractivity contribution >= 4 is 46.4 Å². The average molecular weight is 571 g/mol. The fourth-order valence-corrected chi connectivity index (χ4v) is 3.87. The van der Waals surface area contributed by atoms with Gasteiger partial charge in [0.15, 0.2) is 11.1 Å². The Morgan fingerprint density at radius 3 is 2.45 bits per heavy atom. The normalized spacial score (nSPS) is 16.1. The van der Waals surface area contributed by atoms with Crippen molar-refractivity contribution in [3.8, 4) is 5.75 Å². The van der Waals surface area contributed by atoms with E-state index in [2.05, 4.69) is 19.6 Å². The lowest BCUT2D eigenvalue weighted by atomic mass is 10.0. The van der Waals surface area contributed by atoms with E-state index in [4.69, 9.17) is 5.73 Å². The molecule has 0 amide bonds. The van der Waals surface area contributed by atoms with E-state index in [-0.39, 0.29) is 42.3 Å². The van der Waals surface area contributed by atoms with Crippen molar-refractivity contribution < 1.29 is 23.0 Å². The SMILES string of the molecule is I.NC(=NCC(CO)Cc1ccc(OC(F)(F)F)cc1)N1CCN(c2nccs2)CC1. The fraction of sp³-hybridized carbons (Fsp3) is 0.474. The molecule has 2 aromatic rings. The quantitative estimate of drug-likeness (QED) is 0.302. The maximum Gasteiger partial charge on any atom is 0.573 e. The predicted molar refractivity (Wildman–Crippen MR) is 125 cm³/mol. The molecule has 172 valence electrons. The van der Waals surface area contributed by atoms with Crippen LogP contribution in [0.2, 0.25) is 0 Å². The van der Waals surface area contributed by atoms with Crippen LogP contribution in [0, 0.1) is 5.92 Å². The summed E-state index contributed by atoms with van der Waals surface area (Å²) in [4.78, 5) is 12.9. The van der Waals surface area contributed by atoms with Crippen LogP contribution in [0.5, 0.6) is 5.75 Å². The van der Waals surface area contributed by atoms with Gasteiger partial charge in [0, 0.05) is 56.8 Å². The highest BCUT2D eigenvalue weighted by Crippen LogP contribution is 2.23. The number of halogens is 4. The van der Waals surface area contributed by atoms with E-state index in [0.717, 1.165) is 36.9 Å². The number of hydrogen-bond acceptors (Lipinski definition) is 6. The molecular formula is C19H25F3IN5O2S. The molecule has 1 saturated heterocycles. The van der Waals surface area contributed by atoms with E-state index in [0.29, 0.717) is 18.9 Å². The molecule has 0 radical (unpaired) electrons. The largest absolute Gasteiger partial charge is 0.573 e. The molecule has 31 heavy (non-hydrogen) atoms. The van der Waals surface area contributed by atoms with Crippen molar-refractivity contribution in [2.45, 2.75) is 12.8 Å². The lowest BCUT2D eigenvalue weighted by Gasteiger charge is -2.35. The number of piperazine rings is 1. The van der Waals surface area contributed by atoms with E-state index in [1.165, 1.54) is 12.1 Å². The minimum absolute atomic E-state index is 0. The summed E-state index contributed by atoms with van der Waals surface area (Å²) < 4.78 is 40.6.